The quantitative estimate of drug-likeness (QED) is 0.359. The predicted octanol–water partition coefficient (Wildman–Crippen LogP) is 2.98. The molecule has 2 N–H and O–H groups in total. The number of hydrogen-bond acceptors (Lipinski definition) is 6. The van der Waals surface area contributed by atoms with Gasteiger partial charge in [-0.3, -0.25) is 9.80 Å². The summed E-state index contributed by atoms with van der Waals surface area (Å²) in [5.74, 6) is 0.0112. The Bertz CT molecular complexity index is 627. The summed E-state index contributed by atoms with van der Waals surface area (Å²) in [4.78, 5) is 6.40. The Hall–Kier alpha value is -0.830. The van der Waals surface area contributed by atoms with Crippen LogP contribution in [-0.2, 0) is 4.74 Å². The molecule has 31 heavy (non-hydrogen) atoms. The van der Waals surface area contributed by atoms with Crippen molar-refractivity contribution >= 4 is 0 Å². The molecule has 1 aliphatic heterocycles. The van der Waals surface area contributed by atoms with Crippen molar-refractivity contribution in [1.82, 2.24) is 14.7 Å². The lowest BCUT2D eigenvalue weighted by atomic mass is 9.92. The van der Waals surface area contributed by atoms with Gasteiger partial charge < -0.3 is 19.8 Å². The van der Waals surface area contributed by atoms with Crippen LogP contribution in [-0.4, -0.2) is 96.4 Å². The minimum atomic E-state index is -0.954. The zero-order valence-corrected chi connectivity index (χ0v) is 20.4. The van der Waals surface area contributed by atoms with E-state index in [9.17, 15) is 14.6 Å². The van der Waals surface area contributed by atoms with Crippen molar-refractivity contribution in [3.8, 4) is 0 Å². The summed E-state index contributed by atoms with van der Waals surface area (Å²) < 4.78 is 19.8. The third-order valence-corrected chi connectivity index (χ3v) is 6.95. The molecule has 2 aliphatic rings. The maximum absolute atomic E-state index is 14.0. The highest BCUT2D eigenvalue weighted by molar-refractivity contribution is 5.26. The van der Waals surface area contributed by atoms with E-state index in [1.54, 1.807) is 6.08 Å². The molecule has 0 spiro atoms. The van der Waals surface area contributed by atoms with Crippen LogP contribution in [0.15, 0.2) is 23.0 Å². The van der Waals surface area contributed by atoms with E-state index in [2.05, 4.69) is 23.6 Å². The summed E-state index contributed by atoms with van der Waals surface area (Å²) in [6, 6.07) is 0.102. The van der Waals surface area contributed by atoms with Gasteiger partial charge in [-0.1, -0.05) is 20.8 Å². The summed E-state index contributed by atoms with van der Waals surface area (Å²) in [6.45, 7) is 12.3. The average Bonchev–Trinajstić information content (AvgIpc) is 3.03. The first kappa shape index (κ1) is 26.4. The van der Waals surface area contributed by atoms with E-state index in [4.69, 9.17) is 4.74 Å². The maximum atomic E-state index is 14.0. The van der Waals surface area contributed by atoms with E-state index in [-0.39, 0.29) is 23.9 Å². The summed E-state index contributed by atoms with van der Waals surface area (Å²) in [7, 11) is 3.89. The molecular weight excluding hydrogens is 397 g/mol. The fraction of sp³-hybridized carbons (Fsp3) is 0.833. The van der Waals surface area contributed by atoms with E-state index in [0.29, 0.717) is 12.1 Å². The molecule has 0 fully saturated rings. The Morgan fingerprint density at radius 3 is 2.48 bits per heavy atom. The fourth-order valence-electron chi connectivity index (χ4n) is 4.54. The molecule has 0 aromatic heterocycles. The van der Waals surface area contributed by atoms with Crippen molar-refractivity contribution in [3.63, 3.8) is 0 Å². The number of nitrogens with zero attached hydrogens (tertiary/aromatic N) is 3. The first-order valence-electron chi connectivity index (χ1n) is 11.9. The van der Waals surface area contributed by atoms with E-state index >= 15 is 0 Å². The SMILES string of the molecule is CCCN(CC)CC[C@H]1OC(O)C(C)=C1[C@H](O)N(C)CCN(C)C1C=C(F)[C@@H](C)CC1. The number of halogens is 1. The van der Waals surface area contributed by atoms with Crippen LogP contribution in [0.25, 0.3) is 0 Å². The minimum absolute atomic E-state index is 0.0126. The molecule has 6 nitrogen and oxygen atoms in total. The fourth-order valence-corrected chi connectivity index (χ4v) is 4.54. The van der Waals surface area contributed by atoms with Gasteiger partial charge in [0, 0.05) is 37.2 Å². The highest BCUT2D eigenvalue weighted by atomic mass is 19.1. The molecule has 0 bridgehead atoms. The Morgan fingerprint density at radius 1 is 1.16 bits per heavy atom. The van der Waals surface area contributed by atoms with Crippen molar-refractivity contribution in [1.29, 1.82) is 0 Å². The Kier molecular flexibility index (Phi) is 10.6. The van der Waals surface area contributed by atoms with Crippen LogP contribution in [0.1, 0.15) is 53.4 Å². The smallest absolute Gasteiger partial charge is 0.178 e. The summed E-state index contributed by atoms with van der Waals surface area (Å²) in [5.41, 5.74) is 1.49. The second kappa shape index (κ2) is 12.4. The number of ether oxygens (including phenoxy) is 1. The molecule has 0 saturated heterocycles. The van der Waals surface area contributed by atoms with E-state index in [1.807, 2.05) is 32.8 Å². The van der Waals surface area contributed by atoms with Gasteiger partial charge in [-0.25, -0.2) is 4.39 Å². The third kappa shape index (κ3) is 7.07. The molecule has 7 heteroatoms. The molecule has 0 radical (unpaired) electrons. The van der Waals surface area contributed by atoms with Crippen LogP contribution >= 0.6 is 0 Å². The van der Waals surface area contributed by atoms with Gasteiger partial charge in [0.25, 0.3) is 0 Å². The lowest BCUT2D eigenvalue weighted by molar-refractivity contribution is -0.0887. The number of hydrogen-bond donors (Lipinski definition) is 2. The van der Waals surface area contributed by atoms with Crippen LogP contribution < -0.4 is 0 Å². The van der Waals surface area contributed by atoms with Crippen molar-refractivity contribution in [3.05, 3.63) is 23.0 Å². The van der Waals surface area contributed by atoms with Crippen LogP contribution in [0.5, 0.6) is 0 Å². The van der Waals surface area contributed by atoms with E-state index in [0.717, 1.165) is 57.4 Å². The van der Waals surface area contributed by atoms with Crippen LogP contribution in [0, 0.1) is 5.92 Å². The van der Waals surface area contributed by atoms with Gasteiger partial charge in [0.05, 0.1) is 6.10 Å². The summed E-state index contributed by atoms with van der Waals surface area (Å²) in [5, 5.41) is 21.3. The van der Waals surface area contributed by atoms with E-state index < -0.39 is 12.5 Å². The molecule has 5 atom stereocenters. The molecule has 0 amide bonds. The zero-order chi connectivity index (χ0) is 23.1. The van der Waals surface area contributed by atoms with Gasteiger partial charge >= 0.3 is 0 Å². The topological polar surface area (TPSA) is 59.4 Å². The lowest BCUT2D eigenvalue weighted by Gasteiger charge is -2.33. The predicted molar refractivity (Wildman–Crippen MR) is 123 cm³/mol. The molecule has 0 aromatic carbocycles. The molecule has 2 unspecified atom stereocenters. The van der Waals surface area contributed by atoms with Gasteiger partial charge in [0.2, 0.25) is 0 Å². The molecule has 2 rings (SSSR count). The second-order valence-corrected chi connectivity index (χ2v) is 9.27. The molecule has 0 aromatic rings. The first-order chi connectivity index (χ1) is 14.7. The third-order valence-electron chi connectivity index (χ3n) is 6.95. The lowest BCUT2D eigenvalue weighted by Crippen LogP contribution is -2.43. The molecule has 0 saturated carbocycles. The molecule has 1 heterocycles. The van der Waals surface area contributed by atoms with Crippen molar-refractivity contribution < 1.29 is 19.3 Å². The van der Waals surface area contributed by atoms with Gasteiger partial charge in [-0.15, -0.1) is 0 Å². The largest absolute Gasteiger partial charge is 0.374 e. The standard InChI is InChI=1S/C24H44FN3O3/c1-7-12-28(8-2)13-11-21-22(18(4)24(30)31-21)23(29)27(6)15-14-26(5)19-10-9-17(3)20(25)16-19/h16-17,19,21,23-24,29-30H,7-15H2,1-6H3/t17-,19?,21+,23-,24?/m0/s1. The number of aliphatic hydroxyl groups is 2. The molecule has 180 valence electrons. The first-order valence-corrected chi connectivity index (χ1v) is 11.9. The van der Waals surface area contributed by atoms with Gasteiger partial charge in [-0.05, 0) is 71.4 Å². The highest BCUT2D eigenvalue weighted by Gasteiger charge is 2.36. The van der Waals surface area contributed by atoms with Gasteiger partial charge in [-0.2, -0.15) is 0 Å². The highest BCUT2D eigenvalue weighted by Crippen LogP contribution is 2.32. The number of allylic oxidation sites excluding steroid dienone is 1. The summed E-state index contributed by atoms with van der Waals surface area (Å²) in [6.07, 6.45) is 3.35. The van der Waals surface area contributed by atoms with Crippen molar-refractivity contribution in [2.45, 2.75) is 78.0 Å². The van der Waals surface area contributed by atoms with E-state index in [1.165, 1.54) is 0 Å². The Balaban J connectivity index is 1.94. The molecule has 1 aliphatic carbocycles. The van der Waals surface area contributed by atoms with Gasteiger partial charge in [0.1, 0.15) is 12.1 Å². The van der Waals surface area contributed by atoms with Gasteiger partial charge in [0.15, 0.2) is 6.29 Å². The Morgan fingerprint density at radius 2 is 1.87 bits per heavy atom. The second-order valence-electron chi connectivity index (χ2n) is 9.27. The number of aliphatic hydroxyl groups excluding tert-OH is 2. The van der Waals surface area contributed by atoms with Crippen LogP contribution in [0.4, 0.5) is 4.39 Å². The summed E-state index contributed by atoms with van der Waals surface area (Å²) >= 11 is 0. The number of likely N-dealkylation sites (N-methyl/N-ethyl adjacent to an activating group) is 2. The minimum Gasteiger partial charge on any atom is -0.374 e. The Labute approximate surface area is 188 Å². The molecular formula is C24H44FN3O3. The van der Waals surface area contributed by atoms with Crippen molar-refractivity contribution in [2.75, 3.05) is 46.8 Å². The maximum Gasteiger partial charge on any atom is 0.178 e. The zero-order valence-electron chi connectivity index (χ0n) is 20.4. The monoisotopic (exact) mass is 441 g/mol. The normalized spacial score (nSPS) is 28.2. The van der Waals surface area contributed by atoms with Crippen LogP contribution in [0.3, 0.4) is 0 Å². The van der Waals surface area contributed by atoms with Crippen molar-refractivity contribution in [2.24, 2.45) is 5.92 Å². The average molecular weight is 442 g/mol. The number of rotatable bonds is 12. The van der Waals surface area contributed by atoms with Crippen LogP contribution in [0.2, 0.25) is 0 Å².